The molecular formula is C8H16NO5P. The third-order valence-corrected chi connectivity index (χ3v) is 3.73. The normalized spacial score (nSPS) is 16.5. The molecule has 1 amide bonds. The van der Waals surface area contributed by atoms with E-state index >= 15 is 0 Å². The van der Waals surface area contributed by atoms with Crippen LogP contribution in [0.5, 0.6) is 0 Å². The summed E-state index contributed by atoms with van der Waals surface area (Å²) in [6.45, 7) is 2.66. The molecule has 0 fully saturated rings. The molecule has 0 aromatic carbocycles. The Hall–Kier alpha value is -0.870. The quantitative estimate of drug-likeness (QED) is 0.657. The first-order valence-corrected chi connectivity index (χ1v) is 6.66. The summed E-state index contributed by atoms with van der Waals surface area (Å²) in [7, 11) is -1.41. The molecule has 0 saturated heterocycles. The summed E-state index contributed by atoms with van der Waals surface area (Å²) in [4.78, 5) is 21.4. The third kappa shape index (κ3) is 6.25. The monoisotopic (exact) mass is 237 g/mol. The number of rotatable bonds is 6. The topological polar surface area (TPSA) is 92.7 Å². The van der Waals surface area contributed by atoms with Gasteiger partial charge >= 0.3 is 5.97 Å². The fourth-order valence-electron chi connectivity index (χ4n) is 0.958. The number of carboxylic acid groups (broad SMARTS) is 1. The molecule has 0 heterocycles. The molecule has 0 spiro atoms. The van der Waals surface area contributed by atoms with Gasteiger partial charge in [-0.2, -0.15) is 0 Å². The first-order chi connectivity index (χ1) is 6.78. The van der Waals surface area contributed by atoms with Gasteiger partial charge in [-0.05, 0) is 6.42 Å². The molecule has 0 aliphatic rings. The Morgan fingerprint density at radius 2 is 2.07 bits per heavy atom. The minimum absolute atomic E-state index is 0.0938. The highest BCUT2D eigenvalue weighted by Crippen LogP contribution is 2.41. The summed E-state index contributed by atoms with van der Waals surface area (Å²) in [5, 5.41) is 11.0. The predicted octanol–water partition coefficient (Wildman–Crippen LogP) is 0.520. The van der Waals surface area contributed by atoms with Gasteiger partial charge in [-0.3, -0.25) is 9.36 Å². The zero-order valence-corrected chi connectivity index (χ0v) is 9.91. The molecule has 0 saturated carbocycles. The summed E-state index contributed by atoms with van der Waals surface area (Å²) in [5.41, 5.74) is 0. The lowest BCUT2D eigenvalue weighted by Crippen LogP contribution is -2.40. The van der Waals surface area contributed by atoms with Gasteiger partial charge in [0.25, 0.3) is 0 Å². The number of aliphatic carboxylic acids is 1. The first kappa shape index (κ1) is 14.1. The second-order valence-corrected chi connectivity index (χ2v) is 6.14. The standard InChI is InChI=1S/C8H16NO5P/c1-6(10)9-7(8(11)12)4-5-15(3,13)14-2/h7H,4-5H2,1-3H3,(H,9,10)(H,11,12). The van der Waals surface area contributed by atoms with Gasteiger partial charge in [0.05, 0.1) is 0 Å². The smallest absolute Gasteiger partial charge is 0.326 e. The lowest BCUT2D eigenvalue weighted by molar-refractivity contribution is -0.141. The summed E-state index contributed by atoms with van der Waals surface area (Å²) < 4.78 is 16.2. The molecule has 0 aromatic heterocycles. The van der Waals surface area contributed by atoms with Gasteiger partial charge in [0.2, 0.25) is 5.91 Å². The lowest BCUT2D eigenvalue weighted by atomic mass is 10.2. The Morgan fingerprint density at radius 1 is 1.53 bits per heavy atom. The summed E-state index contributed by atoms with van der Waals surface area (Å²) in [5.74, 6) is -1.56. The van der Waals surface area contributed by atoms with Crippen LogP contribution < -0.4 is 5.32 Å². The largest absolute Gasteiger partial charge is 0.480 e. The second-order valence-electron chi connectivity index (χ2n) is 3.30. The number of carboxylic acids is 1. The molecule has 15 heavy (non-hydrogen) atoms. The van der Waals surface area contributed by atoms with Crippen LogP contribution in [0.2, 0.25) is 0 Å². The molecule has 0 aliphatic heterocycles. The van der Waals surface area contributed by atoms with E-state index in [1.807, 2.05) is 0 Å². The zero-order valence-electron chi connectivity index (χ0n) is 9.02. The van der Waals surface area contributed by atoms with Crippen LogP contribution in [0, 0.1) is 0 Å². The van der Waals surface area contributed by atoms with Crippen molar-refractivity contribution >= 4 is 19.2 Å². The fraction of sp³-hybridized carbons (Fsp3) is 0.750. The van der Waals surface area contributed by atoms with E-state index in [4.69, 9.17) is 9.63 Å². The van der Waals surface area contributed by atoms with Crippen molar-refractivity contribution in [3.8, 4) is 0 Å². The zero-order chi connectivity index (χ0) is 12.1. The minimum atomic E-state index is -2.73. The molecule has 2 N–H and O–H groups in total. The van der Waals surface area contributed by atoms with Gasteiger partial charge < -0.3 is 14.9 Å². The molecule has 0 rings (SSSR count). The molecule has 0 aliphatic carbocycles. The maximum atomic E-state index is 11.5. The Morgan fingerprint density at radius 3 is 2.40 bits per heavy atom. The molecule has 2 unspecified atom stereocenters. The lowest BCUT2D eigenvalue weighted by Gasteiger charge is -2.15. The van der Waals surface area contributed by atoms with Gasteiger partial charge in [0.1, 0.15) is 6.04 Å². The summed E-state index contributed by atoms with van der Waals surface area (Å²) in [6, 6.07) is -1.01. The molecule has 2 atom stereocenters. The van der Waals surface area contributed by atoms with Gasteiger partial charge in [-0.1, -0.05) is 0 Å². The highest BCUT2D eigenvalue weighted by molar-refractivity contribution is 7.58. The number of carbonyl (C=O) groups excluding carboxylic acids is 1. The van der Waals surface area contributed by atoms with Crippen LogP contribution in [0.4, 0.5) is 0 Å². The number of carbonyl (C=O) groups is 2. The van der Waals surface area contributed by atoms with Crippen LogP contribution in [0.1, 0.15) is 13.3 Å². The number of amides is 1. The van der Waals surface area contributed by atoms with Crippen molar-refractivity contribution < 1.29 is 23.8 Å². The average molecular weight is 237 g/mol. The Balaban J connectivity index is 4.25. The van der Waals surface area contributed by atoms with Crippen LogP contribution in [0.25, 0.3) is 0 Å². The van der Waals surface area contributed by atoms with Crippen molar-refractivity contribution in [1.82, 2.24) is 5.32 Å². The van der Waals surface area contributed by atoms with Crippen LogP contribution in [0.15, 0.2) is 0 Å². The van der Waals surface area contributed by atoms with Gasteiger partial charge in [0.15, 0.2) is 7.37 Å². The highest BCUT2D eigenvalue weighted by atomic mass is 31.2. The fourth-order valence-corrected chi connectivity index (χ4v) is 1.87. The second kappa shape index (κ2) is 5.88. The molecule has 88 valence electrons. The highest BCUT2D eigenvalue weighted by Gasteiger charge is 2.22. The Kier molecular flexibility index (Phi) is 5.54. The van der Waals surface area contributed by atoms with E-state index in [2.05, 4.69) is 5.32 Å². The van der Waals surface area contributed by atoms with E-state index in [1.165, 1.54) is 20.7 Å². The SMILES string of the molecule is COP(C)(=O)CCC(NC(C)=O)C(=O)O. The maximum absolute atomic E-state index is 11.5. The summed E-state index contributed by atoms with van der Waals surface area (Å²) in [6.07, 6.45) is 0.220. The van der Waals surface area contributed by atoms with E-state index in [0.717, 1.165) is 0 Å². The van der Waals surface area contributed by atoms with Crippen LogP contribution in [0.3, 0.4) is 0 Å². The summed E-state index contributed by atoms with van der Waals surface area (Å²) >= 11 is 0. The Bertz CT molecular complexity index is 291. The van der Waals surface area contributed by atoms with Gasteiger partial charge in [-0.25, -0.2) is 4.79 Å². The number of nitrogens with one attached hydrogen (secondary N) is 1. The van der Waals surface area contributed by atoms with Crippen molar-refractivity contribution in [3.63, 3.8) is 0 Å². The predicted molar refractivity (Wildman–Crippen MR) is 55.3 cm³/mol. The maximum Gasteiger partial charge on any atom is 0.326 e. The number of hydrogen-bond acceptors (Lipinski definition) is 4. The van der Waals surface area contributed by atoms with E-state index in [0.29, 0.717) is 0 Å². The molecule has 7 heteroatoms. The van der Waals surface area contributed by atoms with E-state index in [-0.39, 0.29) is 12.6 Å². The van der Waals surface area contributed by atoms with E-state index in [9.17, 15) is 14.2 Å². The molecule has 6 nitrogen and oxygen atoms in total. The molecular weight excluding hydrogens is 221 g/mol. The van der Waals surface area contributed by atoms with Gasteiger partial charge in [-0.15, -0.1) is 0 Å². The van der Waals surface area contributed by atoms with E-state index in [1.54, 1.807) is 0 Å². The minimum Gasteiger partial charge on any atom is -0.480 e. The van der Waals surface area contributed by atoms with Crippen molar-refractivity contribution in [1.29, 1.82) is 0 Å². The van der Waals surface area contributed by atoms with Crippen molar-refractivity contribution in [2.24, 2.45) is 0 Å². The van der Waals surface area contributed by atoms with Gasteiger partial charge in [0, 0.05) is 26.9 Å². The molecule has 0 radical (unpaired) electrons. The third-order valence-electron chi connectivity index (χ3n) is 1.89. The molecule has 0 aromatic rings. The van der Waals surface area contributed by atoms with Crippen LogP contribution in [-0.2, 0) is 18.7 Å². The van der Waals surface area contributed by atoms with Crippen LogP contribution >= 0.6 is 7.37 Å². The molecule has 0 bridgehead atoms. The van der Waals surface area contributed by atoms with E-state index < -0.39 is 25.3 Å². The number of hydrogen-bond donors (Lipinski definition) is 2. The van der Waals surface area contributed by atoms with Crippen molar-refractivity contribution in [2.75, 3.05) is 19.9 Å². The first-order valence-electron chi connectivity index (χ1n) is 4.40. The average Bonchev–Trinajstić information content (AvgIpc) is 2.11. The van der Waals surface area contributed by atoms with Crippen LogP contribution in [-0.4, -0.2) is 43.0 Å². The van der Waals surface area contributed by atoms with Crippen molar-refractivity contribution in [3.05, 3.63) is 0 Å². The van der Waals surface area contributed by atoms with Crippen molar-refractivity contribution in [2.45, 2.75) is 19.4 Å². The Labute approximate surface area is 88.5 Å².